The number of ether oxygens (including phenoxy) is 1. The highest BCUT2D eigenvalue weighted by molar-refractivity contribution is 5.79. The van der Waals surface area contributed by atoms with Crippen molar-refractivity contribution in [1.82, 2.24) is 9.97 Å². The summed E-state index contributed by atoms with van der Waals surface area (Å²) < 4.78 is 5.38. The number of methoxy groups -OCH3 is 1. The van der Waals surface area contributed by atoms with Crippen molar-refractivity contribution in [1.29, 1.82) is 0 Å². The lowest BCUT2D eigenvalue weighted by molar-refractivity contribution is -0.126. The van der Waals surface area contributed by atoms with Gasteiger partial charge in [0.15, 0.2) is 0 Å². The van der Waals surface area contributed by atoms with Crippen LogP contribution in [0.2, 0.25) is 0 Å². The molecular formula is C31H44N2O2. The molecule has 4 saturated carbocycles. The maximum absolute atomic E-state index is 10.3. The van der Waals surface area contributed by atoms with Crippen LogP contribution in [-0.4, -0.2) is 28.3 Å². The van der Waals surface area contributed by atoms with Crippen LogP contribution < -0.4 is 4.74 Å². The molecule has 4 heteroatoms. The number of benzene rings is 1. The molecule has 4 aliphatic rings. The zero-order chi connectivity index (χ0) is 24.2. The standard InChI is InChI=1S/C31H44N2O2/c1-30-16-14-27-25(11-8-22-17-23(34)13-15-31(22,27)2)26(30)12-9-21(30)5-4-6-29-32-19-20-7-10-24(35-3)18-28(20)33-29/h7,10,18-19,21-23,25-27,34H,4-6,8-9,11-17H2,1-3H3/t21?,22?,23-,25?,26?,27?,30?,31?/m1/s1. The summed E-state index contributed by atoms with van der Waals surface area (Å²) in [6.45, 7) is 5.26. The molecule has 4 nitrogen and oxygen atoms in total. The lowest BCUT2D eigenvalue weighted by Crippen LogP contribution is -2.53. The van der Waals surface area contributed by atoms with E-state index < -0.39 is 0 Å². The third-order valence-corrected chi connectivity index (χ3v) is 11.6. The lowest BCUT2D eigenvalue weighted by atomic mass is 9.44. The third-order valence-electron chi connectivity index (χ3n) is 11.6. The molecule has 1 aromatic carbocycles. The van der Waals surface area contributed by atoms with Crippen molar-refractivity contribution in [2.45, 2.75) is 97.0 Å². The summed E-state index contributed by atoms with van der Waals surface area (Å²) in [7, 11) is 1.71. The lowest BCUT2D eigenvalue weighted by Gasteiger charge is -2.61. The Bertz CT molecular complexity index is 1070. The molecule has 0 radical (unpaired) electrons. The molecule has 1 N–H and O–H groups in total. The average Bonchev–Trinajstić information content (AvgIpc) is 3.20. The third kappa shape index (κ3) is 3.99. The van der Waals surface area contributed by atoms with Gasteiger partial charge in [0, 0.05) is 24.1 Å². The fourth-order valence-corrected chi connectivity index (χ4v) is 9.61. The normalized spacial score (nSPS) is 40.7. The van der Waals surface area contributed by atoms with Gasteiger partial charge in [0.25, 0.3) is 0 Å². The number of hydrogen-bond acceptors (Lipinski definition) is 4. The van der Waals surface area contributed by atoms with Gasteiger partial charge in [0.2, 0.25) is 0 Å². The molecular weight excluding hydrogens is 432 g/mol. The van der Waals surface area contributed by atoms with Crippen LogP contribution in [0, 0.1) is 40.4 Å². The van der Waals surface area contributed by atoms with Crippen LogP contribution in [0.3, 0.4) is 0 Å². The van der Waals surface area contributed by atoms with E-state index in [1.54, 1.807) is 7.11 Å². The molecule has 0 bridgehead atoms. The van der Waals surface area contributed by atoms with Gasteiger partial charge in [-0.2, -0.15) is 0 Å². The Balaban J connectivity index is 1.11. The monoisotopic (exact) mass is 476 g/mol. The average molecular weight is 477 g/mol. The van der Waals surface area contributed by atoms with Gasteiger partial charge in [0.1, 0.15) is 11.6 Å². The van der Waals surface area contributed by atoms with Crippen molar-refractivity contribution in [3.05, 3.63) is 30.2 Å². The maximum atomic E-state index is 10.3. The fourth-order valence-electron chi connectivity index (χ4n) is 9.61. The van der Waals surface area contributed by atoms with Crippen LogP contribution >= 0.6 is 0 Å². The van der Waals surface area contributed by atoms with Gasteiger partial charge in [-0.3, -0.25) is 0 Å². The molecule has 8 atom stereocenters. The van der Waals surface area contributed by atoms with Crippen molar-refractivity contribution in [2.24, 2.45) is 40.4 Å². The largest absolute Gasteiger partial charge is 0.497 e. The van der Waals surface area contributed by atoms with Gasteiger partial charge in [-0.1, -0.05) is 13.8 Å². The Morgan fingerprint density at radius 1 is 1.00 bits per heavy atom. The number of aliphatic hydroxyl groups excluding tert-OH is 1. The number of aliphatic hydroxyl groups is 1. The second-order valence-electron chi connectivity index (χ2n) is 13.0. The van der Waals surface area contributed by atoms with E-state index in [-0.39, 0.29) is 6.10 Å². The minimum absolute atomic E-state index is 0.0389. The van der Waals surface area contributed by atoms with Gasteiger partial charge in [-0.25, -0.2) is 9.97 Å². The Kier molecular flexibility index (Phi) is 6.10. The van der Waals surface area contributed by atoms with Crippen LogP contribution in [0.25, 0.3) is 10.9 Å². The molecule has 4 aliphatic carbocycles. The highest BCUT2D eigenvalue weighted by atomic mass is 16.5. The zero-order valence-corrected chi connectivity index (χ0v) is 22.0. The molecule has 0 amide bonds. The Labute approximate surface area is 211 Å². The molecule has 4 fully saturated rings. The van der Waals surface area contributed by atoms with E-state index in [1.807, 2.05) is 24.4 Å². The fraction of sp³-hybridized carbons (Fsp3) is 0.742. The Morgan fingerprint density at radius 2 is 1.83 bits per heavy atom. The molecule has 1 heterocycles. The number of nitrogens with zero attached hydrogens (tertiary/aromatic N) is 2. The van der Waals surface area contributed by atoms with Crippen molar-refractivity contribution >= 4 is 10.9 Å². The van der Waals surface area contributed by atoms with Gasteiger partial charge in [-0.05, 0) is 123 Å². The number of aryl methyl sites for hydroxylation is 1. The molecule has 1 aromatic heterocycles. The van der Waals surface area contributed by atoms with Crippen LogP contribution in [0.5, 0.6) is 5.75 Å². The molecule has 7 unspecified atom stereocenters. The van der Waals surface area contributed by atoms with E-state index in [0.29, 0.717) is 10.8 Å². The minimum Gasteiger partial charge on any atom is -0.497 e. The predicted molar refractivity (Wildman–Crippen MR) is 140 cm³/mol. The maximum Gasteiger partial charge on any atom is 0.128 e. The summed E-state index contributed by atoms with van der Waals surface area (Å²) in [5.41, 5.74) is 1.99. The van der Waals surface area contributed by atoms with Crippen LogP contribution in [0.1, 0.15) is 90.3 Å². The first kappa shape index (κ1) is 23.7. The summed E-state index contributed by atoms with van der Waals surface area (Å²) in [5, 5.41) is 11.4. The zero-order valence-electron chi connectivity index (χ0n) is 22.0. The van der Waals surface area contributed by atoms with Gasteiger partial charge >= 0.3 is 0 Å². The first-order valence-corrected chi connectivity index (χ1v) is 14.4. The predicted octanol–water partition coefficient (Wildman–Crippen LogP) is 6.98. The van der Waals surface area contributed by atoms with Crippen LogP contribution in [-0.2, 0) is 6.42 Å². The molecule has 2 aromatic rings. The minimum atomic E-state index is -0.0389. The molecule has 0 spiro atoms. The second kappa shape index (κ2) is 9.01. The van der Waals surface area contributed by atoms with Crippen molar-refractivity contribution in [3.8, 4) is 5.75 Å². The molecule has 190 valence electrons. The van der Waals surface area contributed by atoms with Gasteiger partial charge < -0.3 is 9.84 Å². The number of rotatable bonds is 5. The van der Waals surface area contributed by atoms with Crippen molar-refractivity contribution < 1.29 is 9.84 Å². The van der Waals surface area contributed by atoms with Gasteiger partial charge in [0.05, 0.1) is 18.7 Å². The summed E-state index contributed by atoms with van der Waals surface area (Å²) in [4.78, 5) is 9.50. The number of hydrogen-bond donors (Lipinski definition) is 1. The molecule has 0 saturated heterocycles. The number of fused-ring (bicyclic) bond motifs is 6. The highest BCUT2D eigenvalue weighted by Crippen LogP contribution is 2.67. The molecule has 0 aliphatic heterocycles. The SMILES string of the molecule is COc1ccc2cnc(CCCC3CCC4C5CCC6C[C@H](O)CCC6(C)C5CCC34C)nc2c1. The van der Waals surface area contributed by atoms with Crippen LogP contribution in [0.4, 0.5) is 0 Å². The topological polar surface area (TPSA) is 55.2 Å². The van der Waals surface area contributed by atoms with E-state index >= 15 is 0 Å². The summed E-state index contributed by atoms with van der Waals surface area (Å²) in [6, 6.07) is 6.03. The highest BCUT2D eigenvalue weighted by Gasteiger charge is 2.59. The number of aromatic nitrogens is 2. The summed E-state index contributed by atoms with van der Waals surface area (Å²) in [5.74, 6) is 6.18. The van der Waals surface area contributed by atoms with E-state index in [1.165, 1.54) is 57.8 Å². The van der Waals surface area contributed by atoms with E-state index in [4.69, 9.17) is 9.72 Å². The quantitative estimate of drug-likeness (QED) is 0.506. The Hall–Kier alpha value is -1.68. The first-order chi connectivity index (χ1) is 16.9. The van der Waals surface area contributed by atoms with E-state index in [2.05, 4.69) is 18.8 Å². The molecule has 35 heavy (non-hydrogen) atoms. The molecule has 6 rings (SSSR count). The first-order valence-electron chi connectivity index (χ1n) is 14.4. The summed E-state index contributed by atoms with van der Waals surface area (Å²) in [6.07, 6.45) is 17.2. The van der Waals surface area contributed by atoms with Crippen molar-refractivity contribution in [2.75, 3.05) is 7.11 Å². The summed E-state index contributed by atoms with van der Waals surface area (Å²) >= 11 is 0. The second-order valence-corrected chi connectivity index (χ2v) is 13.0. The Morgan fingerprint density at radius 3 is 2.69 bits per heavy atom. The smallest absolute Gasteiger partial charge is 0.128 e. The van der Waals surface area contributed by atoms with Gasteiger partial charge in [-0.15, -0.1) is 0 Å². The van der Waals surface area contributed by atoms with Crippen LogP contribution in [0.15, 0.2) is 24.4 Å². The van der Waals surface area contributed by atoms with Crippen molar-refractivity contribution in [3.63, 3.8) is 0 Å². The van der Waals surface area contributed by atoms with E-state index in [9.17, 15) is 5.11 Å². The van der Waals surface area contributed by atoms with E-state index in [0.717, 1.165) is 71.3 Å².